The Labute approximate surface area is 132 Å². The number of nitrogens with zero attached hydrogens (tertiary/aromatic N) is 1. The molecular formula is C17H16N2O2S. The zero-order valence-electron chi connectivity index (χ0n) is 12.4. The van der Waals surface area contributed by atoms with E-state index in [2.05, 4.69) is 10.3 Å². The number of thiazole rings is 1. The number of nitrogens with one attached hydrogen (secondary N) is 1. The van der Waals surface area contributed by atoms with Crippen molar-refractivity contribution < 1.29 is 9.59 Å². The lowest BCUT2D eigenvalue weighted by atomic mass is 10.0. The fraction of sp³-hybridized carbons (Fsp3) is 0.235. The van der Waals surface area contributed by atoms with Gasteiger partial charge in [0.15, 0.2) is 5.01 Å². The Hall–Kier alpha value is -2.27. The summed E-state index contributed by atoms with van der Waals surface area (Å²) in [5.41, 5.74) is 3.10. The molecule has 0 unspecified atom stereocenters. The Morgan fingerprint density at radius 2 is 2.05 bits per heavy atom. The third kappa shape index (κ3) is 2.72. The van der Waals surface area contributed by atoms with Gasteiger partial charge < -0.3 is 5.32 Å². The van der Waals surface area contributed by atoms with Gasteiger partial charge in [-0.15, -0.1) is 11.3 Å². The molecule has 3 rings (SSSR count). The van der Waals surface area contributed by atoms with Crippen LogP contribution in [0, 0.1) is 0 Å². The third-order valence-corrected chi connectivity index (χ3v) is 4.27. The van der Waals surface area contributed by atoms with Gasteiger partial charge in [-0.05, 0) is 31.4 Å². The fourth-order valence-electron chi connectivity index (χ4n) is 2.43. The largest absolute Gasteiger partial charge is 0.349 e. The van der Waals surface area contributed by atoms with Crippen molar-refractivity contribution in [3.63, 3.8) is 0 Å². The van der Waals surface area contributed by atoms with E-state index in [4.69, 9.17) is 0 Å². The lowest BCUT2D eigenvalue weighted by Gasteiger charge is -2.05. The molecule has 112 valence electrons. The number of carbonyl (C=O) groups is 2. The van der Waals surface area contributed by atoms with Gasteiger partial charge in [0.1, 0.15) is 5.69 Å². The summed E-state index contributed by atoms with van der Waals surface area (Å²) < 4.78 is 0. The van der Waals surface area contributed by atoms with Crippen LogP contribution in [0.1, 0.15) is 45.3 Å². The van der Waals surface area contributed by atoms with Crippen molar-refractivity contribution in [1.29, 1.82) is 0 Å². The van der Waals surface area contributed by atoms with E-state index < -0.39 is 0 Å². The molecule has 4 nitrogen and oxygen atoms in total. The van der Waals surface area contributed by atoms with E-state index in [1.165, 1.54) is 11.3 Å². The molecule has 5 heteroatoms. The standard InChI is InChI=1S/C17H16N2O2S/c1-10(2)18-16(21)14-9-22-17(19-14)15(20)13-8-7-11-5-3-4-6-12(11)13/h3-6,8-10H,7H2,1-2H3,(H,18,21). The maximum Gasteiger partial charge on any atom is 0.270 e. The van der Waals surface area contributed by atoms with Gasteiger partial charge in [-0.1, -0.05) is 30.3 Å². The molecular weight excluding hydrogens is 296 g/mol. The van der Waals surface area contributed by atoms with E-state index in [-0.39, 0.29) is 17.7 Å². The van der Waals surface area contributed by atoms with Crippen molar-refractivity contribution in [1.82, 2.24) is 10.3 Å². The first-order valence-corrected chi connectivity index (χ1v) is 8.03. The highest BCUT2D eigenvalue weighted by Gasteiger charge is 2.24. The Balaban J connectivity index is 1.83. The number of allylic oxidation sites excluding steroid dienone is 2. The Morgan fingerprint density at radius 1 is 1.27 bits per heavy atom. The number of ketones is 1. The molecule has 1 N–H and O–H groups in total. The summed E-state index contributed by atoms with van der Waals surface area (Å²) in [6.45, 7) is 3.77. The first-order chi connectivity index (χ1) is 10.6. The first-order valence-electron chi connectivity index (χ1n) is 7.16. The molecule has 0 saturated heterocycles. The molecule has 0 saturated carbocycles. The summed E-state index contributed by atoms with van der Waals surface area (Å²) in [6.07, 6.45) is 2.70. The predicted molar refractivity (Wildman–Crippen MR) is 87.2 cm³/mol. The van der Waals surface area contributed by atoms with Gasteiger partial charge >= 0.3 is 0 Å². The van der Waals surface area contributed by atoms with Crippen molar-refractivity contribution >= 4 is 28.6 Å². The molecule has 0 aliphatic heterocycles. The van der Waals surface area contributed by atoms with Crippen LogP contribution in [0.25, 0.3) is 5.57 Å². The monoisotopic (exact) mass is 312 g/mol. The second kappa shape index (κ2) is 5.85. The quantitative estimate of drug-likeness (QED) is 0.883. The average molecular weight is 312 g/mol. The minimum absolute atomic E-state index is 0.0396. The number of hydrogen-bond donors (Lipinski definition) is 1. The van der Waals surface area contributed by atoms with Crippen LogP contribution in [0.2, 0.25) is 0 Å². The minimum Gasteiger partial charge on any atom is -0.349 e. The number of hydrogen-bond acceptors (Lipinski definition) is 4. The summed E-state index contributed by atoms with van der Waals surface area (Å²) in [5, 5.41) is 4.77. The van der Waals surface area contributed by atoms with Gasteiger partial charge in [0, 0.05) is 17.0 Å². The zero-order chi connectivity index (χ0) is 15.7. The zero-order valence-corrected chi connectivity index (χ0v) is 13.2. The summed E-state index contributed by atoms with van der Waals surface area (Å²) >= 11 is 1.21. The Bertz CT molecular complexity index is 774. The van der Waals surface area contributed by atoms with Crippen molar-refractivity contribution in [2.75, 3.05) is 0 Å². The maximum atomic E-state index is 12.6. The van der Waals surface area contributed by atoms with Crippen LogP contribution in [0.5, 0.6) is 0 Å². The topological polar surface area (TPSA) is 59.1 Å². The minimum atomic E-state index is -0.244. The smallest absolute Gasteiger partial charge is 0.270 e. The average Bonchev–Trinajstić information content (AvgIpc) is 3.13. The number of fused-ring (bicyclic) bond motifs is 1. The van der Waals surface area contributed by atoms with E-state index in [9.17, 15) is 9.59 Å². The third-order valence-electron chi connectivity index (χ3n) is 3.43. The van der Waals surface area contributed by atoms with Crippen LogP contribution in [0.15, 0.2) is 35.7 Å². The lowest BCUT2D eigenvalue weighted by molar-refractivity contribution is 0.0939. The molecule has 2 aromatic rings. The maximum absolute atomic E-state index is 12.6. The molecule has 1 aliphatic carbocycles. The van der Waals surface area contributed by atoms with Crippen LogP contribution >= 0.6 is 11.3 Å². The van der Waals surface area contributed by atoms with E-state index in [1.807, 2.05) is 44.2 Å². The summed E-state index contributed by atoms with van der Waals surface area (Å²) in [6, 6.07) is 7.91. The molecule has 1 aliphatic rings. The van der Waals surface area contributed by atoms with Crippen molar-refractivity contribution in [2.24, 2.45) is 0 Å². The van der Waals surface area contributed by atoms with E-state index in [0.29, 0.717) is 16.3 Å². The van der Waals surface area contributed by atoms with Gasteiger partial charge in [-0.25, -0.2) is 4.98 Å². The molecule has 0 atom stereocenters. The van der Waals surface area contributed by atoms with Crippen LogP contribution in [-0.4, -0.2) is 22.7 Å². The number of benzene rings is 1. The van der Waals surface area contributed by atoms with Gasteiger partial charge in [-0.2, -0.15) is 0 Å². The van der Waals surface area contributed by atoms with Crippen LogP contribution in [0.3, 0.4) is 0 Å². The van der Waals surface area contributed by atoms with Crippen LogP contribution in [0.4, 0.5) is 0 Å². The number of rotatable bonds is 4. The molecule has 1 aromatic heterocycles. The molecule has 0 bridgehead atoms. The highest BCUT2D eigenvalue weighted by Crippen LogP contribution is 2.30. The second-order valence-corrected chi connectivity index (χ2v) is 6.33. The molecule has 1 aromatic carbocycles. The molecule has 22 heavy (non-hydrogen) atoms. The van der Waals surface area contributed by atoms with Gasteiger partial charge in [0.05, 0.1) is 0 Å². The number of carbonyl (C=O) groups excluding carboxylic acids is 2. The van der Waals surface area contributed by atoms with E-state index in [1.54, 1.807) is 5.38 Å². The van der Waals surface area contributed by atoms with E-state index in [0.717, 1.165) is 17.5 Å². The number of amides is 1. The molecule has 1 amide bonds. The Kier molecular flexibility index (Phi) is 3.90. The fourth-order valence-corrected chi connectivity index (χ4v) is 3.18. The Morgan fingerprint density at radius 3 is 2.82 bits per heavy atom. The molecule has 0 radical (unpaired) electrons. The van der Waals surface area contributed by atoms with E-state index >= 15 is 0 Å². The highest BCUT2D eigenvalue weighted by atomic mass is 32.1. The summed E-state index contributed by atoms with van der Waals surface area (Å²) in [7, 11) is 0. The van der Waals surface area contributed by atoms with Crippen molar-refractivity contribution in [3.05, 3.63) is 57.6 Å². The summed E-state index contributed by atoms with van der Waals surface area (Å²) in [4.78, 5) is 28.7. The summed E-state index contributed by atoms with van der Waals surface area (Å²) in [5.74, 6) is -0.357. The second-order valence-electron chi connectivity index (χ2n) is 5.47. The predicted octanol–water partition coefficient (Wildman–Crippen LogP) is 3.10. The number of aromatic nitrogens is 1. The SMILES string of the molecule is CC(C)NC(=O)c1csc(C(=O)C2=CCc3ccccc32)n1. The molecule has 0 spiro atoms. The molecule has 1 heterocycles. The van der Waals surface area contributed by atoms with Crippen molar-refractivity contribution in [2.45, 2.75) is 26.3 Å². The van der Waals surface area contributed by atoms with Gasteiger partial charge in [0.2, 0.25) is 5.78 Å². The molecule has 0 fully saturated rings. The van der Waals surface area contributed by atoms with Gasteiger partial charge in [0.25, 0.3) is 5.91 Å². The van der Waals surface area contributed by atoms with Crippen LogP contribution in [-0.2, 0) is 6.42 Å². The normalized spacial score (nSPS) is 13.0. The first kappa shape index (κ1) is 14.7. The van der Waals surface area contributed by atoms with Crippen molar-refractivity contribution in [3.8, 4) is 0 Å². The lowest BCUT2D eigenvalue weighted by Crippen LogP contribution is -2.30. The van der Waals surface area contributed by atoms with Crippen LogP contribution < -0.4 is 5.32 Å². The highest BCUT2D eigenvalue weighted by molar-refractivity contribution is 7.12. The van der Waals surface area contributed by atoms with Gasteiger partial charge in [-0.3, -0.25) is 9.59 Å². The number of Topliss-reactive ketones (excluding diaryl/α,β-unsaturated/α-hetero) is 1.